The second kappa shape index (κ2) is 9.45. The number of hydrogen-bond donors (Lipinski definition) is 1. The Kier molecular flexibility index (Phi) is 6.92. The molecule has 0 radical (unpaired) electrons. The van der Waals surface area contributed by atoms with Gasteiger partial charge in [0.1, 0.15) is 12.4 Å². The molecule has 31 heavy (non-hydrogen) atoms. The minimum Gasteiger partial charge on any atom is -0.503 e. The molecule has 1 aliphatic heterocycles. The van der Waals surface area contributed by atoms with E-state index in [1.165, 1.54) is 11.3 Å². The van der Waals surface area contributed by atoms with Crippen LogP contribution in [0.25, 0.3) is 0 Å². The van der Waals surface area contributed by atoms with Crippen LogP contribution in [0.2, 0.25) is 0 Å². The zero-order valence-corrected chi connectivity index (χ0v) is 19.0. The molecule has 164 valence electrons. The van der Waals surface area contributed by atoms with Crippen molar-refractivity contribution in [3.8, 4) is 5.75 Å². The number of rotatable bonds is 9. The molecule has 0 saturated carbocycles. The Morgan fingerprint density at radius 1 is 1.32 bits per heavy atom. The predicted molar refractivity (Wildman–Crippen MR) is 121 cm³/mol. The Morgan fingerprint density at radius 2 is 2.00 bits per heavy atom. The molecular weight excluding hydrogens is 414 g/mol. The van der Waals surface area contributed by atoms with E-state index in [4.69, 9.17) is 4.74 Å². The number of ether oxygens (including phenoxy) is 1. The molecule has 8 heteroatoms. The summed E-state index contributed by atoms with van der Waals surface area (Å²) in [6, 6.07) is 6.51. The van der Waals surface area contributed by atoms with Crippen molar-refractivity contribution in [2.45, 2.75) is 19.9 Å². The van der Waals surface area contributed by atoms with Crippen LogP contribution in [0, 0.1) is 13.8 Å². The van der Waals surface area contributed by atoms with E-state index in [1.807, 2.05) is 38.1 Å². The lowest BCUT2D eigenvalue weighted by atomic mass is 9.95. The molecule has 7 nitrogen and oxygen atoms in total. The molecule has 1 amide bonds. The molecule has 2 heterocycles. The first kappa shape index (κ1) is 22.7. The van der Waals surface area contributed by atoms with E-state index in [2.05, 4.69) is 11.6 Å². The highest BCUT2D eigenvalue weighted by Gasteiger charge is 2.44. The average Bonchev–Trinajstić information content (AvgIpc) is 3.20. The number of benzene rings is 1. The van der Waals surface area contributed by atoms with Crippen molar-refractivity contribution < 1.29 is 19.4 Å². The maximum absolute atomic E-state index is 13.4. The Morgan fingerprint density at radius 3 is 2.55 bits per heavy atom. The molecule has 3 rings (SSSR count). The van der Waals surface area contributed by atoms with Crippen LogP contribution < -0.4 is 4.74 Å². The maximum Gasteiger partial charge on any atom is 0.290 e. The second-order valence-corrected chi connectivity index (χ2v) is 8.82. The third-order valence-corrected chi connectivity index (χ3v) is 6.08. The van der Waals surface area contributed by atoms with Crippen LogP contribution in [-0.4, -0.2) is 65.4 Å². The maximum atomic E-state index is 13.4. The largest absolute Gasteiger partial charge is 0.503 e. The summed E-state index contributed by atoms with van der Waals surface area (Å²) in [4.78, 5) is 34.7. The van der Waals surface area contributed by atoms with Gasteiger partial charge < -0.3 is 19.6 Å². The van der Waals surface area contributed by atoms with Crippen LogP contribution in [0.15, 0.2) is 48.3 Å². The number of carbonyl (C=O) groups is 2. The van der Waals surface area contributed by atoms with Crippen molar-refractivity contribution in [2.24, 2.45) is 0 Å². The smallest absolute Gasteiger partial charge is 0.290 e. The molecule has 0 spiro atoms. The summed E-state index contributed by atoms with van der Waals surface area (Å²) in [6.07, 6.45) is 1.66. The monoisotopic (exact) mass is 441 g/mol. The average molecular weight is 442 g/mol. The standard InChI is InChI=1S/C23H27N3O4S/c1-6-13-30-17-9-7-16(8-10-17)19-18(20(27)22-14(2)24-15(3)31-22)21(28)23(29)26(19)12-11-25(4)5/h6-10,19,28H,1,11-13H2,2-5H3/t19-/m0/s1. The van der Waals surface area contributed by atoms with Gasteiger partial charge in [-0.15, -0.1) is 11.3 Å². The number of aromatic nitrogens is 1. The number of aryl methyl sites for hydroxylation is 2. The summed E-state index contributed by atoms with van der Waals surface area (Å²) in [5.74, 6) is -0.742. The van der Waals surface area contributed by atoms with Crippen LogP contribution in [0.4, 0.5) is 0 Å². The van der Waals surface area contributed by atoms with E-state index in [0.717, 1.165) is 10.6 Å². The molecular formula is C23H27N3O4S. The third kappa shape index (κ3) is 4.70. The minimum absolute atomic E-state index is 0.0928. The zero-order valence-electron chi connectivity index (χ0n) is 18.2. The van der Waals surface area contributed by atoms with Crippen molar-refractivity contribution in [1.29, 1.82) is 0 Å². The number of carbonyl (C=O) groups excluding carboxylic acids is 2. The third-order valence-electron chi connectivity index (χ3n) is 5.01. The number of Topliss-reactive ketones (excluding diaryl/α,β-unsaturated/α-hetero) is 1. The van der Waals surface area contributed by atoms with Crippen molar-refractivity contribution >= 4 is 23.0 Å². The van der Waals surface area contributed by atoms with Gasteiger partial charge in [-0.25, -0.2) is 4.98 Å². The molecule has 2 aromatic rings. The lowest BCUT2D eigenvalue weighted by Gasteiger charge is -2.28. The Balaban J connectivity index is 2.03. The SMILES string of the molecule is C=CCOc1ccc([C@H]2C(C(=O)c3sc(C)nc3C)=C(O)C(=O)N2CCN(C)C)cc1. The normalized spacial score (nSPS) is 16.4. The molecule has 1 aromatic carbocycles. The quantitative estimate of drug-likeness (QED) is 0.474. The van der Waals surface area contributed by atoms with Gasteiger partial charge in [0.15, 0.2) is 5.76 Å². The Labute approximate surface area is 186 Å². The van der Waals surface area contributed by atoms with Crippen molar-refractivity contribution in [3.05, 3.63) is 69.4 Å². The number of amides is 1. The van der Waals surface area contributed by atoms with E-state index < -0.39 is 17.7 Å². The Bertz CT molecular complexity index is 1020. The number of aliphatic hydroxyl groups is 1. The topological polar surface area (TPSA) is 83.0 Å². The lowest BCUT2D eigenvalue weighted by molar-refractivity contribution is -0.129. The molecule has 1 aliphatic rings. The first-order valence-electron chi connectivity index (χ1n) is 9.95. The summed E-state index contributed by atoms with van der Waals surface area (Å²) >= 11 is 1.27. The molecule has 0 aliphatic carbocycles. The summed E-state index contributed by atoms with van der Waals surface area (Å²) in [5.41, 5.74) is 1.42. The van der Waals surface area contributed by atoms with E-state index in [9.17, 15) is 14.7 Å². The van der Waals surface area contributed by atoms with Crippen LogP contribution in [-0.2, 0) is 4.79 Å². The fourth-order valence-corrected chi connectivity index (χ4v) is 4.41. The lowest BCUT2D eigenvalue weighted by Crippen LogP contribution is -2.36. The number of hydrogen-bond acceptors (Lipinski definition) is 7. The van der Waals surface area contributed by atoms with Gasteiger partial charge in [-0.1, -0.05) is 24.8 Å². The summed E-state index contributed by atoms with van der Waals surface area (Å²) in [6.45, 7) is 8.56. The minimum atomic E-state index is -0.685. The first-order valence-corrected chi connectivity index (χ1v) is 10.8. The van der Waals surface area contributed by atoms with Gasteiger partial charge in [-0.2, -0.15) is 0 Å². The van der Waals surface area contributed by atoms with E-state index in [-0.39, 0.29) is 11.4 Å². The van der Waals surface area contributed by atoms with E-state index in [0.29, 0.717) is 36.0 Å². The summed E-state index contributed by atoms with van der Waals surface area (Å²) in [7, 11) is 3.81. The van der Waals surface area contributed by atoms with Gasteiger partial charge in [-0.3, -0.25) is 9.59 Å². The Hall–Kier alpha value is -2.97. The number of likely N-dealkylation sites (N-methyl/N-ethyl adjacent to an activating group) is 1. The molecule has 1 atom stereocenters. The second-order valence-electron chi connectivity index (χ2n) is 7.61. The molecule has 0 bridgehead atoms. The highest BCUT2D eigenvalue weighted by atomic mass is 32.1. The molecule has 1 aromatic heterocycles. The van der Waals surface area contributed by atoms with Gasteiger partial charge in [0, 0.05) is 13.1 Å². The van der Waals surface area contributed by atoms with Crippen LogP contribution in [0.5, 0.6) is 5.75 Å². The van der Waals surface area contributed by atoms with E-state index in [1.54, 1.807) is 30.0 Å². The van der Waals surface area contributed by atoms with Gasteiger partial charge in [-0.05, 0) is 45.6 Å². The number of nitrogens with zero attached hydrogens (tertiary/aromatic N) is 3. The molecule has 0 saturated heterocycles. The number of aliphatic hydroxyl groups excluding tert-OH is 1. The van der Waals surface area contributed by atoms with Crippen molar-refractivity contribution in [3.63, 3.8) is 0 Å². The molecule has 1 N–H and O–H groups in total. The number of thiazole rings is 1. The summed E-state index contributed by atoms with van der Waals surface area (Å²) < 4.78 is 5.54. The van der Waals surface area contributed by atoms with Crippen molar-refractivity contribution in [1.82, 2.24) is 14.8 Å². The molecule has 0 fully saturated rings. The van der Waals surface area contributed by atoms with Gasteiger partial charge in [0.2, 0.25) is 5.78 Å². The first-order chi connectivity index (χ1) is 14.7. The fraction of sp³-hybridized carbons (Fsp3) is 0.348. The van der Waals surface area contributed by atoms with Gasteiger partial charge in [0.05, 0.1) is 27.2 Å². The highest BCUT2D eigenvalue weighted by molar-refractivity contribution is 7.14. The van der Waals surface area contributed by atoms with Crippen molar-refractivity contribution in [2.75, 3.05) is 33.8 Å². The highest BCUT2D eigenvalue weighted by Crippen LogP contribution is 2.40. The molecule has 0 unspecified atom stereocenters. The van der Waals surface area contributed by atoms with Crippen LogP contribution in [0.3, 0.4) is 0 Å². The van der Waals surface area contributed by atoms with Crippen LogP contribution >= 0.6 is 11.3 Å². The predicted octanol–water partition coefficient (Wildman–Crippen LogP) is 3.46. The van der Waals surface area contributed by atoms with Gasteiger partial charge >= 0.3 is 0 Å². The number of ketones is 1. The summed E-state index contributed by atoms with van der Waals surface area (Å²) in [5, 5.41) is 11.5. The fourth-order valence-electron chi connectivity index (χ4n) is 3.54. The zero-order chi connectivity index (χ0) is 22.7. The van der Waals surface area contributed by atoms with Gasteiger partial charge in [0.25, 0.3) is 5.91 Å². The van der Waals surface area contributed by atoms with E-state index >= 15 is 0 Å². The van der Waals surface area contributed by atoms with Crippen LogP contribution in [0.1, 0.15) is 32.0 Å².